The first-order chi connectivity index (χ1) is 45.7. The molecule has 0 saturated heterocycles. The maximum Gasteiger partial charge on any atom is 0.458 e. The van der Waals surface area contributed by atoms with Crippen LogP contribution >= 0.6 is 0 Å². The fourth-order valence-corrected chi connectivity index (χ4v) is 6.76. The van der Waals surface area contributed by atoms with Crippen molar-refractivity contribution in [1.82, 2.24) is 25.6 Å². The van der Waals surface area contributed by atoms with Crippen molar-refractivity contribution in [1.29, 1.82) is 0 Å². The van der Waals surface area contributed by atoms with Gasteiger partial charge in [0, 0.05) is 105 Å². The van der Waals surface area contributed by atoms with Crippen LogP contribution in [0.25, 0.3) is 41.8 Å². The highest BCUT2D eigenvalue weighted by Gasteiger charge is 2.66. The number of amides is 2. The zero-order chi connectivity index (χ0) is 74.3. The monoisotopic (exact) mass is 1470 g/mol. The van der Waals surface area contributed by atoms with Gasteiger partial charge in [-0.3, -0.25) is 9.59 Å². The number of carbonyl (C=O) groups excluding carboxylic acids is 2. The molecule has 1 aromatic heterocycles. The van der Waals surface area contributed by atoms with Crippen molar-refractivity contribution >= 4 is 29.7 Å². The van der Waals surface area contributed by atoms with Crippen LogP contribution in [0.3, 0.4) is 0 Å². The Morgan fingerprint density at radius 3 is 0.929 bits per heavy atom. The smallest absolute Gasteiger partial charge is 0.379 e. The van der Waals surface area contributed by atoms with E-state index in [4.69, 9.17) is 50.5 Å². The zero-order valence-corrected chi connectivity index (χ0v) is 50.8. The van der Waals surface area contributed by atoms with Crippen LogP contribution in [-0.2, 0) is 57.0 Å². The van der Waals surface area contributed by atoms with E-state index in [1.54, 1.807) is 0 Å². The van der Waals surface area contributed by atoms with Crippen LogP contribution in [0.5, 0.6) is 0 Å². The molecule has 0 aliphatic carbocycles. The van der Waals surface area contributed by atoms with E-state index < -0.39 is 163 Å². The Labute approximate surface area is 538 Å². The Hall–Kier alpha value is -7.28. The highest BCUT2D eigenvalue weighted by molar-refractivity contribution is 5.85. The molecule has 32 nitrogen and oxygen atoms in total. The van der Waals surface area contributed by atoms with Crippen LogP contribution in [-0.4, -0.2) is 265 Å². The molecule has 0 saturated carbocycles. The molecular weight excluding hydrogens is 1410 g/mol. The second-order valence-electron chi connectivity index (χ2n) is 18.7. The summed E-state index contributed by atoms with van der Waals surface area (Å²) in [7, 11) is 0. The van der Waals surface area contributed by atoms with Gasteiger partial charge in [-0.2, -0.15) is 107 Å². The number of hydrogen-bond acceptors (Lipinski definition) is 22. The second-order valence-corrected chi connectivity index (χ2v) is 18.7. The van der Waals surface area contributed by atoms with E-state index in [-0.39, 0.29) is 117 Å². The molecule has 4 atom stereocenters. The summed E-state index contributed by atoms with van der Waals surface area (Å²) < 4.78 is 334. The van der Waals surface area contributed by atoms with E-state index in [1.807, 2.05) is 0 Å². The third-order valence-electron chi connectivity index (χ3n) is 11.5. The number of carbonyl (C=O) groups is 2. The molecular formula is C45H63F21N20O12. The SMILES string of the molecule is CCC(F)(F)OC(COC(F)(C(=O)NCCOCCN(CCOCCNC(=O)C(F)(OCC(OC(F)(F)CC(F)(F)F)C(F)(F)F)C(F)(F)F)c1nc(N(CCOCCN=[N+]=[N-])CCOCCN=[N+]=[N-])nc(N(CCOCCN=[N+]=[N-])CCOCCN=[N+]=[N-])n1)C(F)(F)F)C(F)(F)F. The Morgan fingerprint density at radius 2 is 0.694 bits per heavy atom. The van der Waals surface area contributed by atoms with Crippen molar-refractivity contribution in [2.24, 2.45) is 20.5 Å². The lowest BCUT2D eigenvalue weighted by Gasteiger charge is -2.31. The van der Waals surface area contributed by atoms with E-state index in [1.165, 1.54) is 20.4 Å². The predicted molar refractivity (Wildman–Crippen MR) is 288 cm³/mol. The number of aromatic nitrogens is 3. The molecule has 562 valence electrons. The summed E-state index contributed by atoms with van der Waals surface area (Å²) in [5.41, 5.74) is 34.8. The maximum atomic E-state index is 15.3. The van der Waals surface area contributed by atoms with E-state index in [9.17, 15) is 93.0 Å². The maximum absolute atomic E-state index is 15.3. The quantitative estimate of drug-likeness (QED) is 0.0202. The number of nitrogens with zero attached hydrogens (tertiary/aromatic N) is 18. The molecule has 0 fully saturated rings. The number of rotatable bonds is 53. The van der Waals surface area contributed by atoms with Crippen LogP contribution < -0.4 is 25.3 Å². The van der Waals surface area contributed by atoms with Gasteiger partial charge in [0.2, 0.25) is 17.8 Å². The van der Waals surface area contributed by atoms with Crippen molar-refractivity contribution in [2.75, 3.05) is 186 Å². The number of azide groups is 4. The number of hydrogen-bond donors (Lipinski definition) is 2. The molecule has 2 amide bonds. The second kappa shape index (κ2) is 43.3. The summed E-state index contributed by atoms with van der Waals surface area (Å²) in [6, 6.07) is 0. The first-order valence-electron chi connectivity index (χ1n) is 27.8. The molecule has 53 heteroatoms. The van der Waals surface area contributed by atoms with Crippen LogP contribution in [0.2, 0.25) is 0 Å². The van der Waals surface area contributed by atoms with Gasteiger partial charge >= 0.3 is 54.8 Å². The molecule has 1 heterocycles. The molecule has 0 aromatic carbocycles. The van der Waals surface area contributed by atoms with Crippen LogP contribution in [0.1, 0.15) is 19.8 Å². The lowest BCUT2D eigenvalue weighted by Crippen LogP contribution is -2.57. The van der Waals surface area contributed by atoms with Gasteiger partial charge in [-0.15, -0.1) is 0 Å². The summed E-state index contributed by atoms with van der Waals surface area (Å²) in [5, 5.41) is 16.0. The predicted octanol–water partition coefficient (Wildman–Crippen LogP) is 8.80. The lowest BCUT2D eigenvalue weighted by atomic mass is 10.2. The van der Waals surface area contributed by atoms with Gasteiger partial charge in [-0.1, -0.05) is 27.4 Å². The largest absolute Gasteiger partial charge is 0.458 e. The van der Waals surface area contributed by atoms with E-state index in [0.29, 0.717) is 6.92 Å². The van der Waals surface area contributed by atoms with Gasteiger partial charge in [0.1, 0.15) is 6.42 Å². The fourth-order valence-electron chi connectivity index (χ4n) is 6.76. The topological polar surface area (TPSA) is 394 Å². The molecule has 98 heavy (non-hydrogen) atoms. The normalized spacial score (nSPS) is 14.3. The fraction of sp³-hybridized carbons (Fsp3) is 0.889. The van der Waals surface area contributed by atoms with Crippen molar-refractivity contribution < 1.29 is 149 Å². The molecule has 0 bridgehead atoms. The van der Waals surface area contributed by atoms with Gasteiger partial charge in [-0.25, -0.2) is 0 Å². The average Bonchev–Trinajstić information content (AvgIpc) is 0.806. The molecule has 0 aliphatic heterocycles. The van der Waals surface area contributed by atoms with E-state index in [2.05, 4.69) is 74.0 Å². The minimum absolute atomic E-state index is 0.128. The van der Waals surface area contributed by atoms with Gasteiger partial charge in [0.15, 0.2) is 12.2 Å². The summed E-state index contributed by atoms with van der Waals surface area (Å²) in [6.45, 7) is -14.2. The first kappa shape index (κ1) is 88.7. The minimum Gasteiger partial charge on any atom is -0.379 e. The van der Waals surface area contributed by atoms with Gasteiger partial charge in [0.05, 0.1) is 92.5 Å². The summed E-state index contributed by atoms with van der Waals surface area (Å²) in [4.78, 5) is 53.2. The minimum atomic E-state index is -6.64. The summed E-state index contributed by atoms with van der Waals surface area (Å²) in [6.07, 6.45) is -54.8. The average molecular weight is 1480 g/mol. The number of nitrogens with one attached hydrogen (secondary N) is 2. The standard InChI is InChI=1S/C45H63F21N20O12/c1-2-38(49,50)97-30(42(55,56)57)27-95-40(53,44(61,62)63)32(87)71-3-15-89-21-9-84(10-22-90-16-4-72-33(88)41(54,45(64,65)66)96-28-31(43(58,59)60)98-39(51,52)29-37(46,47)48)34-77-35(85(11-23-91-17-5-73-80-67)12-24-92-18-6-74-81-68)79-36(78-34)86(13-25-93-19-7-75-82-69)14-26-94-20-8-76-83-70/h30-31H,2-29H2,1H3,(H,71,87)(H,72,88). The molecule has 1 rings (SSSR count). The molecule has 1 aromatic rings. The van der Waals surface area contributed by atoms with Crippen LogP contribution in [0.4, 0.5) is 110 Å². The van der Waals surface area contributed by atoms with Gasteiger partial charge < -0.3 is 72.7 Å². The number of anilines is 3. The Balaban J connectivity index is 3.92. The van der Waals surface area contributed by atoms with E-state index in [0.717, 1.165) is 4.90 Å². The Kier molecular flexibility index (Phi) is 39.2. The highest BCUT2D eigenvalue weighted by atomic mass is 19.4. The number of ether oxygens (including phenoxy) is 10. The Morgan fingerprint density at radius 1 is 0.429 bits per heavy atom. The summed E-state index contributed by atoms with van der Waals surface area (Å²) >= 11 is 0. The third kappa shape index (κ3) is 35.0. The first-order valence-corrected chi connectivity index (χ1v) is 27.8. The summed E-state index contributed by atoms with van der Waals surface area (Å²) in [5.74, 6) is -18.2. The molecule has 0 aliphatic rings. The number of halogens is 21. The van der Waals surface area contributed by atoms with Crippen molar-refractivity contribution in [2.45, 2.75) is 86.8 Å². The van der Waals surface area contributed by atoms with Gasteiger partial charge in [0.25, 0.3) is 11.8 Å². The third-order valence-corrected chi connectivity index (χ3v) is 11.5. The van der Waals surface area contributed by atoms with Crippen molar-refractivity contribution in [3.05, 3.63) is 41.8 Å². The van der Waals surface area contributed by atoms with Crippen molar-refractivity contribution in [3.63, 3.8) is 0 Å². The number of alkyl halides is 21. The zero-order valence-electron chi connectivity index (χ0n) is 50.8. The Bertz CT molecular complexity index is 2580. The van der Waals surface area contributed by atoms with Crippen molar-refractivity contribution in [3.8, 4) is 0 Å². The molecule has 0 radical (unpaired) electrons. The highest BCUT2D eigenvalue weighted by Crippen LogP contribution is 2.41. The van der Waals surface area contributed by atoms with Gasteiger partial charge in [-0.05, 0) is 22.1 Å². The van der Waals surface area contributed by atoms with Crippen LogP contribution in [0, 0.1) is 0 Å². The van der Waals surface area contributed by atoms with E-state index >= 15 is 8.78 Å². The molecule has 0 spiro atoms. The molecule has 2 N–H and O–H groups in total. The van der Waals surface area contributed by atoms with Crippen LogP contribution in [0.15, 0.2) is 20.5 Å². The molecule has 4 unspecified atom stereocenters. The lowest BCUT2D eigenvalue weighted by molar-refractivity contribution is -0.371.